The zero-order valence-electron chi connectivity index (χ0n) is 12.4. The molecule has 0 aliphatic heterocycles. The van der Waals surface area contributed by atoms with Crippen LogP contribution < -0.4 is 4.74 Å². The fourth-order valence-corrected chi connectivity index (χ4v) is 1.97. The van der Waals surface area contributed by atoms with Gasteiger partial charge in [-0.2, -0.15) is 0 Å². The molecule has 0 saturated heterocycles. The molecule has 3 atom stereocenters. The molecule has 0 amide bonds. The number of ether oxygens (including phenoxy) is 1. The lowest BCUT2D eigenvalue weighted by Crippen LogP contribution is -2.16. The fourth-order valence-electron chi connectivity index (χ4n) is 1.97. The van der Waals surface area contributed by atoms with E-state index in [1.54, 1.807) is 0 Å². The van der Waals surface area contributed by atoms with Crippen molar-refractivity contribution in [3.8, 4) is 5.88 Å². The normalized spacial score (nSPS) is 16.1. The largest absolute Gasteiger partial charge is 0.475 e. The second-order valence-electron chi connectivity index (χ2n) is 5.39. The second kappa shape index (κ2) is 7.40. The summed E-state index contributed by atoms with van der Waals surface area (Å²) in [6.07, 6.45) is 3.64. The Morgan fingerprint density at radius 3 is 2.44 bits per heavy atom. The van der Waals surface area contributed by atoms with Crippen molar-refractivity contribution in [2.45, 2.75) is 65.9 Å². The molecule has 1 heterocycles. The lowest BCUT2D eigenvalue weighted by Gasteiger charge is -2.18. The van der Waals surface area contributed by atoms with Crippen LogP contribution in [0.5, 0.6) is 5.88 Å². The summed E-state index contributed by atoms with van der Waals surface area (Å²) in [7, 11) is 0. The minimum absolute atomic E-state index is 0.236. The Labute approximate surface area is 112 Å². The van der Waals surface area contributed by atoms with Crippen molar-refractivity contribution in [3.05, 3.63) is 23.9 Å². The highest BCUT2D eigenvalue weighted by molar-refractivity contribution is 5.18. The molecule has 0 aromatic carbocycles. The number of pyridine rings is 1. The Hall–Kier alpha value is -1.05. The molecule has 0 radical (unpaired) electrons. The summed E-state index contributed by atoms with van der Waals surface area (Å²) in [5.74, 6) is 1.97. The lowest BCUT2D eigenvalue weighted by molar-refractivity contribution is 0.180. The molecule has 0 fully saturated rings. The van der Waals surface area contributed by atoms with Gasteiger partial charge in [0.25, 0.3) is 0 Å². The molecule has 3 unspecified atom stereocenters. The highest BCUT2D eigenvalue weighted by Gasteiger charge is 2.11. The van der Waals surface area contributed by atoms with Gasteiger partial charge in [-0.05, 0) is 37.7 Å². The van der Waals surface area contributed by atoms with Crippen molar-refractivity contribution in [2.24, 2.45) is 5.92 Å². The lowest BCUT2D eigenvalue weighted by atomic mass is 10.0. The molecule has 0 saturated carbocycles. The van der Waals surface area contributed by atoms with Crippen molar-refractivity contribution >= 4 is 0 Å². The molecule has 1 rings (SSSR count). The smallest absolute Gasteiger partial charge is 0.213 e. The van der Waals surface area contributed by atoms with Crippen LogP contribution in [0.4, 0.5) is 0 Å². The first-order valence-electron chi connectivity index (χ1n) is 7.20. The molecular formula is C16H27NO. The first-order chi connectivity index (χ1) is 8.56. The molecule has 2 heteroatoms. The fraction of sp³-hybridized carbons (Fsp3) is 0.688. The van der Waals surface area contributed by atoms with Crippen molar-refractivity contribution in [1.82, 2.24) is 4.98 Å². The van der Waals surface area contributed by atoms with Gasteiger partial charge in [0.2, 0.25) is 5.88 Å². The van der Waals surface area contributed by atoms with Gasteiger partial charge in [0.15, 0.2) is 0 Å². The number of hydrogen-bond donors (Lipinski definition) is 0. The molecule has 2 nitrogen and oxygen atoms in total. The van der Waals surface area contributed by atoms with Gasteiger partial charge >= 0.3 is 0 Å². The van der Waals surface area contributed by atoms with E-state index in [-0.39, 0.29) is 6.10 Å². The van der Waals surface area contributed by atoms with Gasteiger partial charge in [-0.3, -0.25) is 0 Å². The topological polar surface area (TPSA) is 22.1 Å². The summed E-state index contributed by atoms with van der Waals surface area (Å²) in [6.45, 7) is 11.0. The molecule has 1 aromatic rings. The van der Waals surface area contributed by atoms with Gasteiger partial charge in [-0.1, -0.05) is 40.2 Å². The standard InChI is InChI=1S/C16H27NO/c1-6-12(3)11-14(5)18-16-10-8-9-15(17-16)13(4)7-2/h8-10,12-14H,6-7,11H2,1-5H3. The van der Waals surface area contributed by atoms with E-state index in [0.717, 1.165) is 24.4 Å². The van der Waals surface area contributed by atoms with Crippen molar-refractivity contribution in [2.75, 3.05) is 0 Å². The van der Waals surface area contributed by atoms with Gasteiger partial charge in [-0.15, -0.1) is 0 Å². The molecule has 18 heavy (non-hydrogen) atoms. The third kappa shape index (κ3) is 4.67. The highest BCUT2D eigenvalue weighted by Crippen LogP contribution is 2.20. The molecule has 0 bridgehead atoms. The molecular weight excluding hydrogens is 222 g/mol. The Bertz CT molecular complexity index is 351. The Morgan fingerprint density at radius 1 is 1.11 bits per heavy atom. The quantitative estimate of drug-likeness (QED) is 0.692. The maximum atomic E-state index is 5.91. The van der Waals surface area contributed by atoms with Crippen LogP contribution in [-0.2, 0) is 0 Å². The van der Waals surface area contributed by atoms with Crippen LogP contribution in [0.25, 0.3) is 0 Å². The first-order valence-corrected chi connectivity index (χ1v) is 7.20. The molecule has 102 valence electrons. The van der Waals surface area contributed by atoms with Crippen molar-refractivity contribution < 1.29 is 4.74 Å². The van der Waals surface area contributed by atoms with E-state index < -0.39 is 0 Å². The summed E-state index contributed by atoms with van der Waals surface area (Å²) in [5, 5.41) is 0. The van der Waals surface area contributed by atoms with Gasteiger partial charge in [0.05, 0.1) is 6.10 Å². The number of rotatable bonds is 7. The zero-order chi connectivity index (χ0) is 13.5. The maximum absolute atomic E-state index is 5.91. The monoisotopic (exact) mass is 249 g/mol. The zero-order valence-corrected chi connectivity index (χ0v) is 12.4. The average molecular weight is 249 g/mol. The van der Waals surface area contributed by atoms with E-state index in [4.69, 9.17) is 4.74 Å². The van der Waals surface area contributed by atoms with Crippen LogP contribution in [-0.4, -0.2) is 11.1 Å². The van der Waals surface area contributed by atoms with Crippen LogP contribution in [0.3, 0.4) is 0 Å². The first kappa shape index (κ1) is 15.0. The third-order valence-electron chi connectivity index (χ3n) is 3.62. The van der Waals surface area contributed by atoms with E-state index in [1.165, 1.54) is 6.42 Å². The average Bonchev–Trinajstić information content (AvgIpc) is 2.37. The summed E-state index contributed by atoms with van der Waals surface area (Å²) in [5.41, 5.74) is 1.13. The summed E-state index contributed by atoms with van der Waals surface area (Å²) in [6, 6.07) is 6.08. The maximum Gasteiger partial charge on any atom is 0.213 e. The number of hydrogen-bond acceptors (Lipinski definition) is 2. The molecule has 0 aliphatic carbocycles. The Morgan fingerprint density at radius 2 is 1.83 bits per heavy atom. The van der Waals surface area contributed by atoms with Crippen LogP contribution in [0.2, 0.25) is 0 Å². The molecule has 0 N–H and O–H groups in total. The van der Waals surface area contributed by atoms with Crippen LogP contribution >= 0.6 is 0 Å². The van der Waals surface area contributed by atoms with E-state index in [0.29, 0.717) is 11.8 Å². The number of aromatic nitrogens is 1. The predicted molar refractivity (Wildman–Crippen MR) is 77.1 cm³/mol. The minimum atomic E-state index is 0.236. The SMILES string of the molecule is CCC(C)CC(C)Oc1cccc(C(C)CC)n1. The van der Waals surface area contributed by atoms with Crippen molar-refractivity contribution in [3.63, 3.8) is 0 Å². The number of nitrogens with zero attached hydrogens (tertiary/aromatic N) is 1. The second-order valence-corrected chi connectivity index (χ2v) is 5.39. The van der Waals surface area contributed by atoms with Crippen LogP contribution in [0, 0.1) is 5.92 Å². The summed E-state index contributed by atoms with van der Waals surface area (Å²) >= 11 is 0. The highest BCUT2D eigenvalue weighted by atomic mass is 16.5. The predicted octanol–water partition coefficient (Wildman–Crippen LogP) is 4.80. The molecule has 1 aromatic heterocycles. The van der Waals surface area contributed by atoms with Gasteiger partial charge in [0.1, 0.15) is 0 Å². The van der Waals surface area contributed by atoms with Crippen molar-refractivity contribution in [1.29, 1.82) is 0 Å². The van der Waals surface area contributed by atoms with Gasteiger partial charge in [0, 0.05) is 11.8 Å². The van der Waals surface area contributed by atoms with E-state index in [9.17, 15) is 0 Å². The van der Waals surface area contributed by atoms with E-state index in [2.05, 4.69) is 45.7 Å². The van der Waals surface area contributed by atoms with Gasteiger partial charge < -0.3 is 4.74 Å². The van der Waals surface area contributed by atoms with E-state index in [1.807, 2.05) is 12.1 Å². The van der Waals surface area contributed by atoms with Crippen LogP contribution in [0.1, 0.15) is 65.5 Å². The minimum Gasteiger partial charge on any atom is -0.475 e. The third-order valence-corrected chi connectivity index (χ3v) is 3.62. The summed E-state index contributed by atoms with van der Waals surface area (Å²) < 4.78 is 5.91. The summed E-state index contributed by atoms with van der Waals surface area (Å²) in [4.78, 5) is 4.59. The Balaban J connectivity index is 2.61. The van der Waals surface area contributed by atoms with Crippen LogP contribution in [0.15, 0.2) is 18.2 Å². The van der Waals surface area contributed by atoms with E-state index >= 15 is 0 Å². The molecule has 0 aliphatic rings. The molecule has 0 spiro atoms. The Kier molecular flexibility index (Phi) is 6.17. The van der Waals surface area contributed by atoms with Gasteiger partial charge in [-0.25, -0.2) is 4.98 Å².